The molecule has 1 rings (SSSR count). The second kappa shape index (κ2) is 3.81. The fourth-order valence-corrected chi connectivity index (χ4v) is 0.946. The molecule has 0 N–H and O–H groups in total. The van der Waals surface area contributed by atoms with Crippen LogP contribution in [0.15, 0.2) is 36.9 Å². The van der Waals surface area contributed by atoms with Crippen LogP contribution < -0.4 is 0 Å². The van der Waals surface area contributed by atoms with Gasteiger partial charge < -0.3 is 0 Å². The van der Waals surface area contributed by atoms with Crippen LogP contribution in [0.4, 0.5) is 8.78 Å². The zero-order valence-electron chi connectivity index (χ0n) is 6.43. The third-order valence-corrected chi connectivity index (χ3v) is 1.48. The first kappa shape index (κ1) is 8.65. The lowest BCUT2D eigenvalue weighted by atomic mass is 10.1. The van der Waals surface area contributed by atoms with Crippen LogP contribution in [0.3, 0.4) is 0 Å². The van der Waals surface area contributed by atoms with E-state index in [2.05, 4.69) is 6.58 Å². The Morgan fingerprint density at radius 3 is 2.25 bits per heavy atom. The highest BCUT2D eigenvalue weighted by atomic mass is 19.3. The van der Waals surface area contributed by atoms with Gasteiger partial charge in [0.15, 0.2) is 0 Å². The molecule has 0 spiro atoms. The van der Waals surface area contributed by atoms with Crippen LogP contribution in [0.25, 0.3) is 12.2 Å². The zero-order valence-corrected chi connectivity index (χ0v) is 6.43. The molecule has 0 radical (unpaired) electrons. The third-order valence-electron chi connectivity index (χ3n) is 1.48. The summed E-state index contributed by atoms with van der Waals surface area (Å²) in [6.07, 6.45) is 0.690. The van der Waals surface area contributed by atoms with E-state index in [1.807, 2.05) is 0 Å². The van der Waals surface area contributed by atoms with Crippen LogP contribution >= 0.6 is 0 Å². The van der Waals surface area contributed by atoms with E-state index in [1.165, 1.54) is 0 Å². The predicted molar refractivity (Wildman–Crippen MR) is 46.7 cm³/mol. The van der Waals surface area contributed by atoms with Gasteiger partial charge in [-0.25, -0.2) is 0 Å². The van der Waals surface area contributed by atoms with E-state index in [4.69, 9.17) is 0 Å². The first-order valence-corrected chi connectivity index (χ1v) is 3.48. The highest BCUT2D eigenvalue weighted by Gasteiger charge is 1.96. The standard InChI is InChI=1S/C10H8F2/c1-2-8-5-3-4-6-9(8)7-10(11)12/h2-7H,1H2. The maximum Gasteiger partial charge on any atom is 0.270 e. The molecule has 62 valence electrons. The molecule has 1 aromatic carbocycles. The minimum absolute atomic E-state index is 0.493. The molecular formula is C10H8F2. The SMILES string of the molecule is C=Cc1ccccc1C=C(F)F. The molecule has 0 atom stereocenters. The summed E-state index contributed by atoms with van der Waals surface area (Å²) in [6, 6.07) is 6.85. The van der Waals surface area contributed by atoms with Crippen molar-refractivity contribution in [2.75, 3.05) is 0 Å². The molecule has 2 heteroatoms. The van der Waals surface area contributed by atoms with E-state index in [-0.39, 0.29) is 0 Å². The Morgan fingerprint density at radius 1 is 1.17 bits per heavy atom. The summed E-state index contributed by atoms with van der Waals surface area (Å²) in [4.78, 5) is 0. The normalized spacial score (nSPS) is 9.17. The molecule has 0 amide bonds. The first-order chi connectivity index (χ1) is 5.74. The highest BCUT2D eigenvalue weighted by molar-refractivity contribution is 5.64. The van der Waals surface area contributed by atoms with Gasteiger partial charge in [0.2, 0.25) is 0 Å². The quantitative estimate of drug-likeness (QED) is 0.630. The van der Waals surface area contributed by atoms with Crippen molar-refractivity contribution >= 4 is 12.2 Å². The smallest absolute Gasteiger partial charge is 0.173 e. The molecule has 0 aromatic heterocycles. The average molecular weight is 166 g/mol. The van der Waals surface area contributed by atoms with Crippen molar-refractivity contribution in [2.45, 2.75) is 0 Å². The average Bonchev–Trinajstić information content (AvgIpc) is 2.04. The lowest BCUT2D eigenvalue weighted by Crippen LogP contribution is -1.78. The van der Waals surface area contributed by atoms with Crippen molar-refractivity contribution in [1.29, 1.82) is 0 Å². The fourth-order valence-electron chi connectivity index (χ4n) is 0.946. The lowest BCUT2D eigenvalue weighted by Gasteiger charge is -1.97. The van der Waals surface area contributed by atoms with E-state index >= 15 is 0 Å². The van der Waals surface area contributed by atoms with E-state index in [9.17, 15) is 8.78 Å². The van der Waals surface area contributed by atoms with Gasteiger partial charge in [0.05, 0.1) is 0 Å². The van der Waals surface area contributed by atoms with Crippen LogP contribution in [0.2, 0.25) is 0 Å². The van der Waals surface area contributed by atoms with E-state index < -0.39 is 6.08 Å². The van der Waals surface area contributed by atoms with Crippen molar-refractivity contribution in [3.8, 4) is 0 Å². The molecule has 1 aromatic rings. The minimum atomic E-state index is -1.69. The molecule has 0 saturated heterocycles. The summed E-state index contributed by atoms with van der Waals surface area (Å²) < 4.78 is 23.7. The van der Waals surface area contributed by atoms with E-state index in [0.29, 0.717) is 11.1 Å². The maximum atomic E-state index is 11.9. The third kappa shape index (κ3) is 2.02. The van der Waals surface area contributed by atoms with Crippen LogP contribution in [-0.4, -0.2) is 0 Å². The maximum absolute atomic E-state index is 11.9. The molecule has 0 bridgehead atoms. The Labute approximate surface area is 69.8 Å². The number of hydrogen-bond acceptors (Lipinski definition) is 0. The Hall–Kier alpha value is -1.44. The van der Waals surface area contributed by atoms with Gasteiger partial charge in [0.25, 0.3) is 6.08 Å². The van der Waals surface area contributed by atoms with E-state index in [0.717, 1.165) is 6.08 Å². The Bertz CT molecular complexity index is 309. The monoisotopic (exact) mass is 166 g/mol. The minimum Gasteiger partial charge on any atom is -0.173 e. The van der Waals surface area contributed by atoms with Crippen LogP contribution in [0, 0.1) is 0 Å². The molecule has 0 unspecified atom stereocenters. The van der Waals surface area contributed by atoms with Gasteiger partial charge in [-0.15, -0.1) is 0 Å². The number of halogens is 2. The molecule has 0 saturated carbocycles. The van der Waals surface area contributed by atoms with Crippen LogP contribution in [0.1, 0.15) is 11.1 Å². The van der Waals surface area contributed by atoms with Crippen molar-refractivity contribution in [3.05, 3.63) is 48.1 Å². The topological polar surface area (TPSA) is 0 Å². The van der Waals surface area contributed by atoms with Crippen LogP contribution in [-0.2, 0) is 0 Å². The number of benzene rings is 1. The van der Waals surface area contributed by atoms with Gasteiger partial charge in [-0.1, -0.05) is 36.9 Å². The fraction of sp³-hybridized carbons (Fsp3) is 0. The van der Waals surface area contributed by atoms with Gasteiger partial charge in [-0.05, 0) is 11.1 Å². The van der Waals surface area contributed by atoms with E-state index in [1.54, 1.807) is 30.3 Å². The molecule has 0 fully saturated rings. The zero-order chi connectivity index (χ0) is 8.97. The summed E-state index contributed by atoms with van der Waals surface area (Å²) in [5.74, 6) is 0. The number of rotatable bonds is 2. The summed E-state index contributed by atoms with van der Waals surface area (Å²) in [5, 5.41) is 0. The predicted octanol–water partition coefficient (Wildman–Crippen LogP) is 3.57. The molecule has 0 heterocycles. The first-order valence-electron chi connectivity index (χ1n) is 3.48. The Balaban J connectivity index is 3.14. The van der Waals surface area contributed by atoms with Crippen molar-refractivity contribution in [3.63, 3.8) is 0 Å². The lowest BCUT2D eigenvalue weighted by molar-refractivity contribution is 0.429. The molecule has 0 aliphatic carbocycles. The Kier molecular flexibility index (Phi) is 2.75. The summed E-state index contributed by atoms with van der Waals surface area (Å²) in [6.45, 7) is 3.52. The van der Waals surface area contributed by atoms with Crippen LogP contribution in [0.5, 0.6) is 0 Å². The summed E-state index contributed by atoms with van der Waals surface area (Å²) >= 11 is 0. The molecule has 0 nitrogen and oxygen atoms in total. The summed E-state index contributed by atoms with van der Waals surface area (Å²) in [7, 11) is 0. The summed E-state index contributed by atoms with van der Waals surface area (Å²) in [5.41, 5.74) is 1.21. The largest absolute Gasteiger partial charge is 0.270 e. The van der Waals surface area contributed by atoms with Gasteiger partial charge in [0, 0.05) is 6.08 Å². The second-order valence-electron chi connectivity index (χ2n) is 2.27. The molecule has 0 aliphatic heterocycles. The van der Waals surface area contributed by atoms with Crippen molar-refractivity contribution < 1.29 is 8.78 Å². The van der Waals surface area contributed by atoms with Gasteiger partial charge in [0.1, 0.15) is 0 Å². The van der Waals surface area contributed by atoms with Crippen molar-refractivity contribution in [2.24, 2.45) is 0 Å². The van der Waals surface area contributed by atoms with Gasteiger partial charge in [-0.2, -0.15) is 8.78 Å². The molecule has 12 heavy (non-hydrogen) atoms. The second-order valence-corrected chi connectivity index (χ2v) is 2.27. The van der Waals surface area contributed by atoms with Gasteiger partial charge in [-0.3, -0.25) is 0 Å². The molecule has 0 aliphatic rings. The highest BCUT2D eigenvalue weighted by Crippen LogP contribution is 2.14. The van der Waals surface area contributed by atoms with Gasteiger partial charge >= 0.3 is 0 Å². The Morgan fingerprint density at radius 2 is 1.75 bits per heavy atom. The molecular weight excluding hydrogens is 158 g/mol. The van der Waals surface area contributed by atoms with Crippen molar-refractivity contribution in [1.82, 2.24) is 0 Å². The number of hydrogen-bond donors (Lipinski definition) is 0.